The number of carbonyl (C=O) groups excluding carboxylic acids is 1. The molecule has 2 aromatic rings. The molecule has 2 atom stereocenters. The first kappa shape index (κ1) is 19.5. The minimum atomic E-state index is 0.136. The number of rotatable bonds is 7. The summed E-state index contributed by atoms with van der Waals surface area (Å²) in [5.74, 6) is 1.27. The van der Waals surface area contributed by atoms with Crippen molar-refractivity contribution in [2.75, 3.05) is 20.2 Å². The number of thiophene rings is 1. The fourth-order valence-electron chi connectivity index (χ4n) is 4.74. The molecule has 0 radical (unpaired) electrons. The first-order chi connectivity index (χ1) is 13.6. The molecule has 4 nitrogen and oxygen atoms in total. The van der Waals surface area contributed by atoms with Crippen molar-refractivity contribution in [3.05, 3.63) is 52.2 Å². The first-order valence-electron chi connectivity index (χ1n) is 10.3. The minimum Gasteiger partial charge on any atom is -0.496 e. The van der Waals surface area contributed by atoms with E-state index in [0.717, 1.165) is 37.4 Å². The number of benzene rings is 1. The molecule has 28 heavy (non-hydrogen) atoms. The van der Waals surface area contributed by atoms with E-state index < -0.39 is 0 Å². The summed E-state index contributed by atoms with van der Waals surface area (Å²) in [5.41, 5.74) is 2.71. The van der Waals surface area contributed by atoms with Crippen LogP contribution in [0.5, 0.6) is 5.75 Å². The van der Waals surface area contributed by atoms with Gasteiger partial charge in [0.25, 0.3) is 0 Å². The van der Waals surface area contributed by atoms with Crippen LogP contribution in [-0.4, -0.2) is 37.0 Å². The second-order valence-electron chi connectivity index (χ2n) is 8.33. The van der Waals surface area contributed by atoms with Gasteiger partial charge >= 0.3 is 0 Å². The molecule has 1 spiro atoms. The Morgan fingerprint density at radius 3 is 2.82 bits per heavy atom. The Morgan fingerprint density at radius 1 is 1.32 bits per heavy atom. The van der Waals surface area contributed by atoms with Crippen LogP contribution in [0.2, 0.25) is 0 Å². The zero-order valence-electron chi connectivity index (χ0n) is 16.8. The van der Waals surface area contributed by atoms with E-state index in [-0.39, 0.29) is 11.8 Å². The highest BCUT2D eigenvalue weighted by atomic mass is 32.1. The first-order valence-corrected chi connectivity index (χ1v) is 11.2. The zero-order valence-corrected chi connectivity index (χ0v) is 17.6. The maximum absolute atomic E-state index is 13.4. The summed E-state index contributed by atoms with van der Waals surface area (Å²) < 4.78 is 5.51. The predicted molar refractivity (Wildman–Crippen MR) is 114 cm³/mol. The van der Waals surface area contributed by atoms with Gasteiger partial charge in [-0.15, -0.1) is 0 Å². The van der Waals surface area contributed by atoms with Crippen molar-refractivity contribution in [3.8, 4) is 5.75 Å². The number of nitrogens with zero attached hydrogens (tertiary/aromatic N) is 1. The summed E-state index contributed by atoms with van der Waals surface area (Å²) in [4.78, 5) is 15.6. The predicted octanol–water partition coefficient (Wildman–Crippen LogP) is 4.42. The van der Waals surface area contributed by atoms with E-state index in [4.69, 9.17) is 4.74 Å². The molecule has 2 aliphatic rings. The van der Waals surface area contributed by atoms with Crippen LogP contribution in [0.1, 0.15) is 49.7 Å². The van der Waals surface area contributed by atoms with Gasteiger partial charge in [0.1, 0.15) is 5.75 Å². The van der Waals surface area contributed by atoms with Gasteiger partial charge in [0, 0.05) is 19.0 Å². The largest absolute Gasteiger partial charge is 0.496 e. The molecule has 1 aromatic carbocycles. The van der Waals surface area contributed by atoms with Gasteiger partial charge in [-0.1, -0.05) is 25.1 Å². The van der Waals surface area contributed by atoms with Crippen LogP contribution < -0.4 is 10.1 Å². The average molecular weight is 399 g/mol. The number of amides is 1. The summed E-state index contributed by atoms with van der Waals surface area (Å²) in [5, 5.41) is 7.73. The maximum atomic E-state index is 13.4. The standard InChI is InChI=1S/C23H30N2O2S/c1-17(19-5-3-4-6-20(19)27-2)13-22(26)25(15-18-7-12-28-16-18)21-14-23(21)8-10-24-11-9-23/h3-7,12,16-17,21,24H,8-11,13-15H2,1-2H3. The third-order valence-corrected chi connectivity index (χ3v) is 7.26. The Bertz CT molecular complexity index is 799. The van der Waals surface area contributed by atoms with E-state index in [0.29, 0.717) is 17.9 Å². The van der Waals surface area contributed by atoms with Crippen LogP contribution in [0, 0.1) is 5.41 Å². The smallest absolute Gasteiger partial charge is 0.223 e. The maximum Gasteiger partial charge on any atom is 0.223 e. The van der Waals surface area contributed by atoms with E-state index in [1.807, 2.05) is 18.2 Å². The Kier molecular flexibility index (Phi) is 5.74. The van der Waals surface area contributed by atoms with Gasteiger partial charge in [-0.2, -0.15) is 11.3 Å². The highest BCUT2D eigenvalue weighted by Crippen LogP contribution is 2.56. The van der Waals surface area contributed by atoms with Gasteiger partial charge < -0.3 is 15.0 Å². The van der Waals surface area contributed by atoms with Crippen LogP contribution in [-0.2, 0) is 11.3 Å². The summed E-state index contributed by atoms with van der Waals surface area (Å²) in [7, 11) is 1.70. The normalized spacial score (nSPS) is 21.3. The Balaban J connectivity index is 1.50. The summed E-state index contributed by atoms with van der Waals surface area (Å²) in [6, 6.07) is 10.6. The Morgan fingerprint density at radius 2 is 2.11 bits per heavy atom. The zero-order chi connectivity index (χ0) is 19.6. The highest BCUT2D eigenvalue weighted by Gasteiger charge is 2.57. The van der Waals surface area contributed by atoms with Crippen LogP contribution in [0.4, 0.5) is 0 Å². The van der Waals surface area contributed by atoms with E-state index in [9.17, 15) is 4.79 Å². The lowest BCUT2D eigenvalue weighted by atomic mass is 9.92. The number of hydrogen-bond donors (Lipinski definition) is 1. The summed E-state index contributed by atoms with van der Waals surface area (Å²) in [6.07, 6.45) is 4.06. The van der Waals surface area contributed by atoms with Gasteiger partial charge in [0.2, 0.25) is 5.91 Å². The molecule has 1 aliphatic carbocycles. The molecular weight excluding hydrogens is 368 g/mol. The van der Waals surface area contributed by atoms with Gasteiger partial charge in [0.05, 0.1) is 7.11 Å². The number of carbonyl (C=O) groups is 1. The molecule has 1 aromatic heterocycles. The van der Waals surface area contributed by atoms with Crippen LogP contribution >= 0.6 is 11.3 Å². The van der Waals surface area contributed by atoms with E-state index in [1.165, 1.54) is 18.4 Å². The third-order valence-electron chi connectivity index (χ3n) is 6.53. The lowest BCUT2D eigenvalue weighted by Gasteiger charge is -2.30. The number of nitrogens with one attached hydrogen (secondary N) is 1. The van der Waals surface area contributed by atoms with E-state index in [2.05, 4.69) is 40.0 Å². The van der Waals surface area contributed by atoms with Gasteiger partial charge in [0.15, 0.2) is 0 Å². The van der Waals surface area contributed by atoms with Crippen molar-refractivity contribution in [1.82, 2.24) is 10.2 Å². The number of piperidine rings is 1. The second-order valence-corrected chi connectivity index (χ2v) is 9.11. The van der Waals surface area contributed by atoms with Gasteiger partial charge in [-0.05, 0) is 77.7 Å². The van der Waals surface area contributed by atoms with Crippen LogP contribution in [0.15, 0.2) is 41.1 Å². The molecule has 150 valence electrons. The van der Waals surface area contributed by atoms with Gasteiger partial charge in [-0.25, -0.2) is 0 Å². The quantitative estimate of drug-likeness (QED) is 0.751. The van der Waals surface area contributed by atoms with Crippen molar-refractivity contribution in [2.24, 2.45) is 5.41 Å². The third kappa shape index (κ3) is 3.96. The molecule has 2 unspecified atom stereocenters. The Hall–Kier alpha value is -1.85. The van der Waals surface area contributed by atoms with Crippen molar-refractivity contribution in [3.63, 3.8) is 0 Å². The van der Waals surface area contributed by atoms with Crippen molar-refractivity contribution < 1.29 is 9.53 Å². The van der Waals surface area contributed by atoms with Crippen LogP contribution in [0.25, 0.3) is 0 Å². The molecule has 1 amide bonds. The van der Waals surface area contributed by atoms with Crippen LogP contribution in [0.3, 0.4) is 0 Å². The number of methoxy groups -OCH3 is 1. The molecule has 2 heterocycles. The Labute approximate surface area is 171 Å². The highest BCUT2D eigenvalue weighted by molar-refractivity contribution is 7.07. The van der Waals surface area contributed by atoms with Crippen molar-refractivity contribution in [2.45, 2.75) is 51.1 Å². The molecule has 1 aliphatic heterocycles. The molecule has 5 heteroatoms. The molecule has 1 N–H and O–H groups in total. The fraction of sp³-hybridized carbons (Fsp3) is 0.522. The minimum absolute atomic E-state index is 0.136. The monoisotopic (exact) mass is 398 g/mol. The lowest BCUT2D eigenvalue weighted by molar-refractivity contribution is -0.133. The number of para-hydroxylation sites is 1. The van der Waals surface area contributed by atoms with E-state index in [1.54, 1.807) is 18.4 Å². The molecule has 1 saturated carbocycles. The molecule has 1 saturated heterocycles. The molecular formula is C23H30N2O2S. The summed E-state index contributed by atoms with van der Waals surface area (Å²) in [6.45, 7) is 5.02. The molecule has 2 fully saturated rings. The fourth-order valence-corrected chi connectivity index (χ4v) is 5.40. The number of hydrogen-bond acceptors (Lipinski definition) is 4. The van der Waals surface area contributed by atoms with Crippen molar-refractivity contribution >= 4 is 17.2 Å². The lowest BCUT2D eigenvalue weighted by Crippen LogP contribution is -2.39. The second kappa shape index (κ2) is 8.26. The molecule has 0 bridgehead atoms. The van der Waals surface area contributed by atoms with Gasteiger partial charge in [-0.3, -0.25) is 4.79 Å². The summed E-state index contributed by atoms with van der Waals surface area (Å²) >= 11 is 1.70. The number of ether oxygens (including phenoxy) is 1. The average Bonchev–Trinajstić information content (AvgIpc) is 3.14. The molecule has 4 rings (SSSR count). The van der Waals surface area contributed by atoms with Crippen molar-refractivity contribution in [1.29, 1.82) is 0 Å². The topological polar surface area (TPSA) is 41.6 Å². The van der Waals surface area contributed by atoms with E-state index >= 15 is 0 Å². The SMILES string of the molecule is COc1ccccc1C(C)CC(=O)N(Cc1ccsc1)C1CC12CCNCC2.